The van der Waals surface area contributed by atoms with E-state index in [2.05, 4.69) is 15.3 Å². The fourth-order valence-corrected chi connectivity index (χ4v) is 3.25. The van der Waals surface area contributed by atoms with Gasteiger partial charge in [0.2, 0.25) is 4.96 Å². The summed E-state index contributed by atoms with van der Waals surface area (Å²) in [6.07, 6.45) is 0.654. The molecule has 0 spiro atoms. The molecule has 6 heteroatoms. The average molecular weight is 324 g/mol. The van der Waals surface area contributed by atoms with Gasteiger partial charge < -0.3 is 0 Å². The molecule has 2 heterocycles. The van der Waals surface area contributed by atoms with E-state index in [-0.39, 0.29) is 5.82 Å². The lowest BCUT2D eigenvalue weighted by Gasteiger charge is -1.98. The van der Waals surface area contributed by atoms with Crippen LogP contribution in [0.25, 0.3) is 16.3 Å². The Morgan fingerprint density at radius 3 is 2.48 bits per heavy atom. The predicted molar refractivity (Wildman–Crippen MR) is 88.0 cm³/mol. The standard InChI is InChI=1S/C17H13FN4S/c1-11-2-6-13(7-3-11)16-19-20-17-22(16)21-15(23-17)10-12-4-8-14(18)9-5-12/h2-9H,10H2,1H3. The smallest absolute Gasteiger partial charge is 0.207 e. The van der Waals surface area contributed by atoms with E-state index in [1.54, 1.807) is 16.6 Å². The molecule has 0 aliphatic rings. The van der Waals surface area contributed by atoms with Crippen molar-refractivity contribution < 1.29 is 4.39 Å². The van der Waals surface area contributed by atoms with Crippen molar-refractivity contribution in [2.45, 2.75) is 13.3 Å². The van der Waals surface area contributed by atoms with Crippen molar-refractivity contribution in [1.82, 2.24) is 19.8 Å². The van der Waals surface area contributed by atoms with Gasteiger partial charge in [0.15, 0.2) is 5.82 Å². The Kier molecular flexibility index (Phi) is 3.38. The van der Waals surface area contributed by atoms with Gasteiger partial charge in [-0.15, -0.1) is 10.2 Å². The summed E-state index contributed by atoms with van der Waals surface area (Å²) in [5.74, 6) is 0.509. The van der Waals surface area contributed by atoms with Crippen LogP contribution in [0.2, 0.25) is 0 Å². The molecule has 0 bridgehead atoms. The number of halogens is 1. The summed E-state index contributed by atoms with van der Waals surface area (Å²) in [6, 6.07) is 14.6. The van der Waals surface area contributed by atoms with E-state index in [4.69, 9.17) is 0 Å². The van der Waals surface area contributed by atoms with Gasteiger partial charge in [-0.05, 0) is 24.6 Å². The molecule has 0 unspecified atom stereocenters. The molecule has 0 saturated carbocycles. The predicted octanol–water partition coefficient (Wildman–Crippen LogP) is 3.89. The van der Waals surface area contributed by atoms with E-state index in [9.17, 15) is 4.39 Å². The first-order valence-electron chi connectivity index (χ1n) is 7.22. The quantitative estimate of drug-likeness (QED) is 0.574. The van der Waals surface area contributed by atoms with Crippen LogP contribution < -0.4 is 0 Å². The van der Waals surface area contributed by atoms with Crippen molar-refractivity contribution in [3.05, 3.63) is 70.5 Å². The van der Waals surface area contributed by atoms with Crippen LogP contribution in [0.1, 0.15) is 16.1 Å². The number of aryl methyl sites for hydroxylation is 1. The summed E-state index contributed by atoms with van der Waals surface area (Å²) in [5.41, 5.74) is 3.21. The lowest BCUT2D eigenvalue weighted by Crippen LogP contribution is -1.94. The molecular formula is C17H13FN4S. The lowest BCUT2D eigenvalue weighted by molar-refractivity contribution is 0.627. The molecule has 4 aromatic rings. The van der Waals surface area contributed by atoms with Gasteiger partial charge in [0.05, 0.1) is 0 Å². The topological polar surface area (TPSA) is 43.1 Å². The van der Waals surface area contributed by atoms with Crippen LogP contribution in [-0.2, 0) is 6.42 Å². The summed E-state index contributed by atoms with van der Waals surface area (Å²) in [6.45, 7) is 2.05. The molecule has 0 saturated heterocycles. The van der Waals surface area contributed by atoms with Crippen molar-refractivity contribution in [3.63, 3.8) is 0 Å². The zero-order valence-corrected chi connectivity index (χ0v) is 13.2. The third kappa shape index (κ3) is 2.73. The maximum absolute atomic E-state index is 13.0. The largest absolute Gasteiger partial charge is 0.234 e. The first-order chi connectivity index (χ1) is 11.2. The summed E-state index contributed by atoms with van der Waals surface area (Å²) < 4.78 is 14.7. The number of hydrogen-bond acceptors (Lipinski definition) is 4. The van der Waals surface area contributed by atoms with Crippen LogP contribution in [0.5, 0.6) is 0 Å². The minimum absolute atomic E-state index is 0.228. The second-order valence-corrected chi connectivity index (χ2v) is 6.42. The van der Waals surface area contributed by atoms with Crippen LogP contribution in [0.3, 0.4) is 0 Å². The summed E-state index contributed by atoms with van der Waals surface area (Å²) >= 11 is 1.50. The molecule has 4 nitrogen and oxygen atoms in total. The molecule has 0 radical (unpaired) electrons. The van der Waals surface area contributed by atoms with Gasteiger partial charge in [-0.1, -0.05) is 53.3 Å². The minimum Gasteiger partial charge on any atom is -0.207 e. The molecule has 0 amide bonds. The Morgan fingerprint density at radius 1 is 1.00 bits per heavy atom. The van der Waals surface area contributed by atoms with Crippen molar-refractivity contribution in [1.29, 1.82) is 0 Å². The summed E-state index contributed by atoms with van der Waals surface area (Å²) in [4.78, 5) is 0.762. The molecule has 4 rings (SSSR count). The van der Waals surface area contributed by atoms with Crippen molar-refractivity contribution in [3.8, 4) is 11.4 Å². The lowest BCUT2D eigenvalue weighted by atomic mass is 10.1. The molecule has 0 N–H and O–H groups in total. The summed E-state index contributed by atoms with van der Waals surface area (Å²) in [5, 5.41) is 14.0. The highest BCUT2D eigenvalue weighted by Crippen LogP contribution is 2.23. The van der Waals surface area contributed by atoms with Crippen LogP contribution in [0, 0.1) is 12.7 Å². The third-order valence-corrected chi connectivity index (χ3v) is 4.51. The Morgan fingerprint density at radius 2 is 1.74 bits per heavy atom. The number of rotatable bonds is 3. The SMILES string of the molecule is Cc1ccc(-c2nnc3sc(Cc4ccc(F)cc4)nn23)cc1. The molecule has 114 valence electrons. The van der Waals surface area contributed by atoms with E-state index in [1.807, 2.05) is 31.2 Å². The first-order valence-corrected chi connectivity index (χ1v) is 8.03. The van der Waals surface area contributed by atoms with E-state index in [1.165, 1.54) is 29.0 Å². The maximum Gasteiger partial charge on any atom is 0.234 e. The zero-order chi connectivity index (χ0) is 15.8. The minimum atomic E-state index is -0.228. The Labute approximate surface area is 136 Å². The number of hydrogen-bond donors (Lipinski definition) is 0. The maximum atomic E-state index is 13.0. The highest BCUT2D eigenvalue weighted by molar-refractivity contribution is 7.16. The molecule has 2 aromatic heterocycles. The zero-order valence-electron chi connectivity index (χ0n) is 12.4. The molecule has 0 aliphatic heterocycles. The highest BCUT2D eigenvalue weighted by Gasteiger charge is 2.13. The number of nitrogens with zero attached hydrogens (tertiary/aromatic N) is 4. The molecule has 2 aromatic carbocycles. The first kappa shape index (κ1) is 14.0. The van der Waals surface area contributed by atoms with E-state index >= 15 is 0 Å². The van der Waals surface area contributed by atoms with Gasteiger partial charge in [0.1, 0.15) is 10.8 Å². The van der Waals surface area contributed by atoms with Crippen LogP contribution in [-0.4, -0.2) is 19.8 Å². The van der Waals surface area contributed by atoms with Gasteiger partial charge in [-0.3, -0.25) is 0 Å². The van der Waals surface area contributed by atoms with Gasteiger partial charge in [0, 0.05) is 12.0 Å². The van der Waals surface area contributed by atoms with Crippen LogP contribution in [0.15, 0.2) is 48.5 Å². The molecule has 0 atom stereocenters. The van der Waals surface area contributed by atoms with Gasteiger partial charge >= 0.3 is 0 Å². The van der Waals surface area contributed by atoms with E-state index < -0.39 is 0 Å². The Hall–Kier alpha value is -2.60. The molecular weight excluding hydrogens is 311 g/mol. The molecule has 0 aliphatic carbocycles. The monoisotopic (exact) mass is 324 g/mol. The third-order valence-electron chi connectivity index (χ3n) is 3.61. The van der Waals surface area contributed by atoms with Gasteiger partial charge in [0.25, 0.3) is 0 Å². The molecule has 23 heavy (non-hydrogen) atoms. The second kappa shape index (κ2) is 5.55. The Bertz CT molecular complexity index is 955. The highest BCUT2D eigenvalue weighted by atomic mass is 32.1. The fraction of sp³-hybridized carbons (Fsp3) is 0.118. The number of fused-ring (bicyclic) bond motifs is 1. The van der Waals surface area contributed by atoms with Crippen LogP contribution in [0.4, 0.5) is 4.39 Å². The van der Waals surface area contributed by atoms with Crippen molar-refractivity contribution >= 4 is 16.3 Å². The van der Waals surface area contributed by atoms with E-state index in [0.717, 1.165) is 26.9 Å². The fourth-order valence-electron chi connectivity index (χ4n) is 2.39. The Balaban J connectivity index is 1.68. The van der Waals surface area contributed by atoms with Crippen molar-refractivity contribution in [2.75, 3.05) is 0 Å². The van der Waals surface area contributed by atoms with Gasteiger partial charge in [-0.25, -0.2) is 4.39 Å². The number of aromatic nitrogens is 4. The number of benzene rings is 2. The normalized spacial score (nSPS) is 11.2. The average Bonchev–Trinajstić information content (AvgIpc) is 3.11. The summed E-state index contributed by atoms with van der Waals surface area (Å²) in [7, 11) is 0. The van der Waals surface area contributed by atoms with Gasteiger partial charge in [-0.2, -0.15) is 9.61 Å². The second-order valence-electron chi connectivity index (χ2n) is 5.38. The van der Waals surface area contributed by atoms with Crippen molar-refractivity contribution in [2.24, 2.45) is 0 Å². The van der Waals surface area contributed by atoms with E-state index in [0.29, 0.717) is 6.42 Å². The van der Waals surface area contributed by atoms with Crippen LogP contribution >= 0.6 is 11.3 Å². The molecule has 0 fully saturated rings.